The average Bonchev–Trinajstić information content (AvgIpc) is 3.18. The highest BCUT2D eigenvalue weighted by Crippen LogP contribution is 2.49. The first-order valence-electron chi connectivity index (χ1n) is 7.16. The van der Waals surface area contributed by atoms with E-state index in [1.54, 1.807) is 0 Å². The Bertz CT molecular complexity index is 589. The first kappa shape index (κ1) is 17.2. The Morgan fingerprint density at radius 1 is 1.30 bits per heavy atom. The van der Waals surface area contributed by atoms with Gasteiger partial charge in [-0.05, 0) is 30.9 Å². The summed E-state index contributed by atoms with van der Waals surface area (Å²) in [5, 5.41) is 16.2. The highest BCUT2D eigenvalue weighted by Gasteiger charge is 2.51. The number of carboxylic acids is 2. The van der Waals surface area contributed by atoms with Crippen molar-refractivity contribution in [3.8, 4) is 0 Å². The lowest BCUT2D eigenvalue weighted by atomic mass is 10.1. The zero-order chi connectivity index (χ0) is 17.0. The third-order valence-electron chi connectivity index (χ3n) is 3.86. The van der Waals surface area contributed by atoms with E-state index in [1.165, 1.54) is 18.5 Å². The van der Waals surface area contributed by atoms with E-state index in [4.69, 9.17) is 27.5 Å². The molecule has 3 atom stereocenters. The molecule has 1 aliphatic heterocycles. The lowest BCUT2D eigenvalue weighted by molar-refractivity contribution is -0.134. The lowest BCUT2D eigenvalue weighted by Gasteiger charge is -2.28. The number of rotatable bonds is 4. The van der Waals surface area contributed by atoms with Gasteiger partial charge in [0, 0.05) is 30.8 Å². The number of anilines is 1. The van der Waals surface area contributed by atoms with E-state index in [-0.39, 0.29) is 0 Å². The second kappa shape index (κ2) is 7.43. The summed E-state index contributed by atoms with van der Waals surface area (Å²) >= 11 is 5.78. The topological polar surface area (TPSA) is 117 Å². The summed E-state index contributed by atoms with van der Waals surface area (Å²) in [5.41, 5.74) is 6.95. The fourth-order valence-electron chi connectivity index (χ4n) is 2.83. The number of piperidine rings is 1. The van der Waals surface area contributed by atoms with Gasteiger partial charge in [0.25, 0.3) is 0 Å². The van der Waals surface area contributed by atoms with Gasteiger partial charge in [-0.25, -0.2) is 14.6 Å². The van der Waals surface area contributed by atoms with E-state index in [0.717, 1.165) is 12.5 Å². The van der Waals surface area contributed by atoms with Gasteiger partial charge in [0.1, 0.15) is 5.15 Å². The van der Waals surface area contributed by atoms with E-state index >= 15 is 0 Å². The molecule has 4 N–H and O–H groups in total. The number of nitrogens with two attached hydrogens (primary N) is 1. The second-order valence-electron chi connectivity index (χ2n) is 5.44. The van der Waals surface area contributed by atoms with E-state index in [2.05, 4.69) is 9.88 Å². The van der Waals surface area contributed by atoms with Crippen molar-refractivity contribution in [1.29, 1.82) is 0 Å². The minimum absolute atomic E-state index is 0.497. The molecule has 1 aromatic rings. The van der Waals surface area contributed by atoms with Crippen molar-refractivity contribution in [2.75, 3.05) is 11.4 Å². The van der Waals surface area contributed by atoms with Gasteiger partial charge in [-0.3, -0.25) is 0 Å². The van der Waals surface area contributed by atoms with Crippen LogP contribution in [0.3, 0.4) is 0 Å². The Morgan fingerprint density at radius 2 is 1.96 bits per heavy atom. The number of halogens is 1. The lowest BCUT2D eigenvalue weighted by Crippen LogP contribution is -2.38. The summed E-state index contributed by atoms with van der Waals surface area (Å²) in [7, 11) is 0. The number of aliphatic carboxylic acids is 2. The maximum Gasteiger partial charge on any atom is 0.328 e. The smallest absolute Gasteiger partial charge is 0.328 e. The van der Waals surface area contributed by atoms with Gasteiger partial charge < -0.3 is 20.8 Å². The molecule has 8 heteroatoms. The summed E-state index contributed by atoms with van der Waals surface area (Å²) in [6, 6.07) is 5.09. The summed E-state index contributed by atoms with van der Waals surface area (Å²) in [5.74, 6) is -1.64. The van der Waals surface area contributed by atoms with Crippen LogP contribution in [0.25, 0.3) is 0 Å². The highest BCUT2D eigenvalue weighted by molar-refractivity contribution is 6.29. The second-order valence-corrected chi connectivity index (χ2v) is 5.83. The molecule has 2 aliphatic rings. The summed E-state index contributed by atoms with van der Waals surface area (Å²) in [6.45, 7) is 0.732. The minimum Gasteiger partial charge on any atom is -0.478 e. The Kier molecular flexibility index (Phi) is 5.57. The van der Waals surface area contributed by atoms with E-state index in [9.17, 15) is 9.59 Å². The number of fused-ring (bicyclic) bond motifs is 1. The fraction of sp³-hybridized carbons (Fsp3) is 0.400. The van der Waals surface area contributed by atoms with Crippen LogP contribution in [0.15, 0.2) is 30.5 Å². The normalized spacial score (nSPS) is 24.8. The number of carbonyl (C=O) groups is 2. The van der Waals surface area contributed by atoms with Crippen molar-refractivity contribution in [2.45, 2.75) is 24.9 Å². The molecule has 2 fully saturated rings. The van der Waals surface area contributed by atoms with Gasteiger partial charge in [0.2, 0.25) is 0 Å². The summed E-state index contributed by atoms with van der Waals surface area (Å²) in [6.07, 6.45) is 5.53. The van der Waals surface area contributed by atoms with Crippen molar-refractivity contribution in [1.82, 2.24) is 4.98 Å². The molecule has 3 unspecified atom stereocenters. The van der Waals surface area contributed by atoms with Gasteiger partial charge >= 0.3 is 11.9 Å². The van der Waals surface area contributed by atoms with Gasteiger partial charge in [-0.2, -0.15) is 0 Å². The number of carboxylic acid groups (broad SMARTS) is 2. The largest absolute Gasteiger partial charge is 0.478 e. The molecule has 0 radical (unpaired) electrons. The first-order valence-corrected chi connectivity index (χ1v) is 7.54. The molecule has 23 heavy (non-hydrogen) atoms. The molecule has 0 bridgehead atoms. The van der Waals surface area contributed by atoms with Crippen molar-refractivity contribution in [3.05, 3.63) is 35.6 Å². The third kappa shape index (κ3) is 4.67. The standard InChI is InChI=1S/C11H14ClN3.C4H4O4/c12-11-2-1-8(6-14-11)15-9(5-13)3-7-4-10(7)15;5-3(6)1-2-4(7)8/h1-2,6-7,9-10H,3-5,13H2;1-2H,(H,5,6)(H,7,8)/b;2-1+. The Morgan fingerprint density at radius 3 is 2.43 bits per heavy atom. The molecule has 3 rings (SSSR count). The van der Waals surface area contributed by atoms with Gasteiger partial charge in [-0.1, -0.05) is 11.6 Å². The van der Waals surface area contributed by atoms with Crippen LogP contribution in [0.1, 0.15) is 12.8 Å². The van der Waals surface area contributed by atoms with Crippen LogP contribution in [0.2, 0.25) is 5.15 Å². The molecule has 0 aromatic carbocycles. The number of hydrogen-bond acceptors (Lipinski definition) is 5. The van der Waals surface area contributed by atoms with Crippen molar-refractivity contribution in [3.63, 3.8) is 0 Å². The zero-order valence-corrected chi connectivity index (χ0v) is 13.1. The third-order valence-corrected chi connectivity index (χ3v) is 4.08. The molecule has 1 saturated heterocycles. The monoisotopic (exact) mass is 339 g/mol. The van der Waals surface area contributed by atoms with Crippen LogP contribution in [-0.4, -0.2) is 45.8 Å². The van der Waals surface area contributed by atoms with E-state index in [1.807, 2.05) is 18.3 Å². The highest BCUT2D eigenvalue weighted by atomic mass is 35.5. The molecule has 1 aromatic heterocycles. The fourth-order valence-corrected chi connectivity index (χ4v) is 2.95. The Hall–Kier alpha value is -2.12. The van der Waals surface area contributed by atoms with Crippen molar-refractivity contribution >= 4 is 29.2 Å². The Balaban J connectivity index is 0.000000207. The van der Waals surface area contributed by atoms with Gasteiger partial charge in [0.15, 0.2) is 0 Å². The molecule has 7 nitrogen and oxygen atoms in total. The van der Waals surface area contributed by atoms with Crippen molar-refractivity contribution < 1.29 is 19.8 Å². The Labute approximate surface area is 138 Å². The molecular weight excluding hydrogens is 322 g/mol. The quantitative estimate of drug-likeness (QED) is 0.560. The summed E-state index contributed by atoms with van der Waals surface area (Å²) < 4.78 is 0. The van der Waals surface area contributed by atoms with Crippen LogP contribution < -0.4 is 10.6 Å². The van der Waals surface area contributed by atoms with Gasteiger partial charge in [0.05, 0.1) is 11.9 Å². The number of nitrogens with zero attached hydrogens (tertiary/aromatic N) is 2. The van der Waals surface area contributed by atoms with Crippen LogP contribution in [-0.2, 0) is 9.59 Å². The van der Waals surface area contributed by atoms with Gasteiger partial charge in [-0.15, -0.1) is 0 Å². The van der Waals surface area contributed by atoms with Crippen LogP contribution in [0, 0.1) is 5.92 Å². The molecule has 0 spiro atoms. The summed E-state index contributed by atoms with van der Waals surface area (Å²) in [4.78, 5) is 25.7. The molecular formula is C15H18ClN3O4. The van der Waals surface area contributed by atoms with Crippen LogP contribution in [0.5, 0.6) is 0 Å². The van der Waals surface area contributed by atoms with Crippen LogP contribution in [0.4, 0.5) is 5.69 Å². The number of pyridine rings is 1. The average molecular weight is 340 g/mol. The SMILES string of the molecule is NCC1CC2CC2N1c1ccc(Cl)nc1.O=C(O)/C=C/C(=O)O. The molecule has 124 valence electrons. The maximum atomic E-state index is 9.55. The number of hydrogen-bond donors (Lipinski definition) is 3. The van der Waals surface area contributed by atoms with E-state index in [0.29, 0.717) is 29.4 Å². The van der Waals surface area contributed by atoms with E-state index < -0.39 is 11.9 Å². The first-order chi connectivity index (χ1) is 10.9. The maximum absolute atomic E-state index is 9.55. The molecule has 2 heterocycles. The minimum atomic E-state index is -1.26. The molecule has 1 aliphatic carbocycles. The molecule has 1 saturated carbocycles. The molecule has 0 amide bonds. The predicted molar refractivity (Wildman–Crippen MR) is 85.5 cm³/mol. The predicted octanol–water partition coefficient (Wildman–Crippen LogP) is 1.37. The van der Waals surface area contributed by atoms with Crippen molar-refractivity contribution in [2.24, 2.45) is 11.7 Å². The van der Waals surface area contributed by atoms with Crippen LogP contribution >= 0.6 is 11.6 Å². The zero-order valence-electron chi connectivity index (χ0n) is 12.3. The number of aromatic nitrogens is 1.